The van der Waals surface area contributed by atoms with Gasteiger partial charge in [0.1, 0.15) is 10.7 Å². The number of nitrogens with zero attached hydrogens (tertiary/aromatic N) is 3. The van der Waals surface area contributed by atoms with Crippen molar-refractivity contribution < 1.29 is 4.79 Å². The minimum atomic E-state index is -0.292. The van der Waals surface area contributed by atoms with Crippen LogP contribution in [0.15, 0.2) is 54.9 Å². The molecular formula is C20H16N4OS. The van der Waals surface area contributed by atoms with E-state index in [1.807, 2.05) is 56.3 Å². The molecule has 128 valence electrons. The smallest absolute Gasteiger partial charge is 0.276 e. The SMILES string of the molecule is Cc1ccc(NC(=O)c2nccnc2-c2nc3ccccc3s2)c(C)c1. The van der Waals surface area contributed by atoms with Crippen LogP contribution in [0.3, 0.4) is 0 Å². The quantitative estimate of drug-likeness (QED) is 0.579. The Bertz CT molecular complexity index is 1090. The van der Waals surface area contributed by atoms with E-state index in [-0.39, 0.29) is 11.6 Å². The Morgan fingerprint density at radius 1 is 1.04 bits per heavy atom. The lowest BCUT2D eigenvalue weighted by molar-refractivity contribution is 0.102. The van der Waals surface area contributed by atoms with Crippen molar-refractivity contribution in [3.8, 4) is 10.7 Å². The summed E-state index contributed by atoms with van der Waals surface area (Å²) in [4.78, 5) is 26.1. The molecule has 1 amide bonds. The first-order valence-electron chi connectivity index (χ1n) is 8.17. The van der Waals surface area contributed by atoms with Crippen molar-refractivity contribution in [2.24, 2.45) is 0 Å². The van der Waals surface area contributed by atoms with Gasteiger partial charge in [0.05, 0.1) is 10.2 Å². The van der Waals surface area contributed by atoms with Gasteiger partial charge in [-0.3, -0.25) is 4.79 Å². The number of carbonyl (C=O) groups excluding carboxylic acids is 1. The molecule has 0 spiro atoms. The normalized spacial score (nSPS) is 10.8. The minimum absolute atomic E-state index is 0.270. The lowest BCUT2D eigenvalue weighted by Crippen LogP contribution is -2.16. The highest BCUT2D eigenvalue weighted by Gasteiger charge is 2.19. The van der Waals surface area contributed by atoms with E-state index in [1.54, 1.807) is 6.20 Å². The number of para-hydroxylation sites is 1. The lowest BCUT2D eigenvalue weighted by atomic mass is 10.1. The molecule has 1 N–H and O–H groups in total. The molecule has 2 aromatic heterocycles. The molecule has 0 aliphatic heterocycles. The monoisotopic (exact) mass is 360 g/mol. The second kappa shape index (κ2) is 6.65. The zero-order valence-corrected chi connectivity index (χ0v) is 15.2. The Hall–Kier alpha value is -3.12. The molecule has 2 heterocycles. The minimum Gasteiger partial charge on any atom is -0.320 e. The third-order valence-corrected chi connectivity index (χ3v) is 5.08. The number of rotatable bonds is 3. The molecule has 6 heteroatoms. The summed E-state index contributed by atoms with van der Waals surface area (Å²) in [5.41, 5.74) is 4.57. The molecule has 0 bridgehead atoms. The van der Waals surface area contributed by atoms with Crippen LogP contribution in [0.1, 0.15) is 21.6 Å². The first-order valence-corrected chi connectivity index (χ1v) is 8.99. The molecule has 0 unspecified atom stereocenters. The van der Waals surface area contributed by atoms with Gasteiger partial charge in [0, 0.05) is 18.1 Å². The van der Waals surface area contributed by atoms with Gasteiger partial charge >= 0.3 is 0 Å². The van der Waals surface area contributed by atoms with Crippen LogP contribution in [0.4, 0.5) is 5.69 Å². The number of aromatic nitrogens is 3. The van der Waals surface area contributed by atoms with Crippen LogP contribution in [0.25, 0.3) is 20.9 Å². The summed E-state index contributed by atoms with van der Waals surface area (Å²) < 4.78 is 1.05. The maximum absolute atomic E-state index is 12.8. The molecule has 26 heavy (non-hydrogen) atoms. The Kier molecular flexibility index (Phi) is 4.18. The summed E-state index contributed by atoms with van der Waals surface area (Å²) in [6.07, 6.45) is 3.10. The van der Waals surface area contributed by atoms with Gasteiger partial charge in [-0.15, -0.1) is 11.3 Å². The van der Waals surface area contributed by atoms with Crippen molar-refractivity contribution >= 4 is 33.1 Å². The summed E-state index contributed by atoms with van der Waals surface area (Å²) in [5.74, 6) is -0.292. The highest BCUT2D eigenvalue weighted by molar-refractivity contribution is 7.21. The van der Waals surface area contributed by atoms with Gasteiger partial charge in [0.15, 0.2) is 5.69 Å². The van der Waals surface area contributed by atoms with Gasteiger partial charge in [0.25, 0.3) is 5.91 Å². The van der Waals surface area contributed by atoms with Crippen molar-refractivity contribution in [1.82, 2.24) is 15.0 Å². The number of aryl methyl sites for hydroxylation is 2. The van der Waals surface area contributed by atoms with E-state index in [4.69, 9.17) is 0 Å². The summed E-state index contributed by atoms with van der Waals surface area (Å²) in [6.45, 7) is 3.99. The summed E-state index contributed by atoms with van der Waals surface area (Å²) in [7, 11) is 0. The van der Waals surface area contributed by atoms with Gasteiger partial charge in [0.2, 0.25) is 0 Å². The van der Waals surface area contributed by atoms with E-state index in [2.05, 4.69) is 20.3 Å². The molecule has 0 saturated heterocycles. The Balaban J connectivity index is 1.72. The molecule has 0 fully saturated rings. The Labute approximate surface area is 154 Å². The molecule has 5 nitrogen and oxygen atoms in total. The number of benzene rings is 2. The molecule has 2 aromatic carbocycles. The fraction of sp³-hybridized carbons (Fsp3) is 0.100. The average molecular weight is 360 g/mol. The topological polar surface area (TPSA) is 67.8 Å². The van der Waals surface area contributed by atoms with Crippen LogP contribution in [0.5, 0.6) is 0 Å². The van der Waals surface area contributed by atoms with Gasteiger partial charge in [-0.25, -0.2) is 15.0 Å². The highest BCUT2D eigenvalue weighted by Crippen LogP contribution is 2.30. The average Bonchev–Trinajstić information content (AvgIpc) is 3.08. The maximum Gasteiger partial charge on any atom is 0.276 e. The van der Waals surface area contributed by atoms with Crippen molar-refractivity contribution in [3.05, 3.63) is 71.7 Å². The number of carbonyl (C=O) groups is 1. The first-order chi connectivity index (χ1) is 12.6. The van der Waals surface area contributed by atoms with Crippen LogP contribution in [0.2, 0.25) is 0 Å². The van der Waals surface area contributed by atoms with Crippen LogP contribution in [-0.2, 0) is 0 Å². The molecule has 4 aromatic rings. The number of anilines is 1. The number of hydrogen-bond acceptors (Lipinski definition) is 5. The highest BCUT2D eigenvalue weighted by atomic mass is 32.1. The van der Waals surface area contributed by atoms with Crippen LogP contribution in [-0.4, -0.2) is 20.9 Å². The van der Waals surface area contributed by atoms with Crippen molar-refractivity contribution in [3.63, 3.8) is 0 Å². The lowest BCUT2D eigenvalue weighted by Gasteiger charge is -2.10. The summed E-state index contributed by atoms with van der Waals surface area (Å²) in [5, 5.41) is 3.62. The largest absolute Gasteiger partial charge is 0.320 e. The predicted octanol–water partition coefficient (Wildman–Crippen LogP) is 4.62. The van der Waals surface area contributed by atoms with E-state index in [0.717, 1.165) is 27.0 Å². The summed E-state index contributed by atoms with van der Waals surface area (Å²) in [6, 6.07) is 13.7. The Morgan fingerprint density at radius 3 is 2.65 bits per heavy atom. The number of nitrogens with one attached hydrogen (secondary N) is 1. The van der Waals surface area contributed by atoms with Crippen LogP contribution < -0.4 is 5.32 Å². The second-order valence-corrected chi connectivity index (χ2v) is 7.04. The van der Waals surface area contributed by atoms with E-state index < -0.39 is 0 Å². The molecule has 0 aliphatic carbocycles. The maximum atomic E-state index is 12.8. The standard InChI is InChI=1S/C20H16N4OS/c1-12-7-8-14(13(2)11-12)23-19(25)17-18(22-10-9-21-17)20-24-15-5-3-4-6-16(15)26-20/h3-11H,1-2H3,(H,23,25). The third kappa shape index (κ3) is 3.07. The molecule has 0 saturated carbocycles. The van der Waals surface area contributed by atoms with Gasteiger partial charge < -0.3 is 5.32 Å². The van der Waals surface area contributed by atoms with E-state index in [1.165, 1.54) is 17.5 Å². The number of thiazole rings is 1. The predicted molar refractivity (Wildman–Crippen MR) is 105 cm³/mol. The molecule has 0 aliphatic rings. The number of amides is 1. The molecule has 4 rings (SSSR count). The second-order valence-electron chi connectivity index (χ2n) is 6.01. The van der Waals surface area contributed by atoms with Gasteiger partial charge in [-0.1, -0.05) is 29.8 Å². The fourth-order valence-corrected chi connectivity index (χ4v) is 3.73. The van der Waals surface area contributed by atoms with Crippen molar-refractivity contribution in [1.29, 1.82) is 0 Å². The van der Waals surface area contributed by atoms with Crippen LogP contribution in [0, 0.1) is 13.8 Å². The van der Waals surface area contributed by atoms with E-state index >= 15 is 0 Å². The van der Waals surface area contributed by atoms with E-state index in [9.17, 15) is 4.79 Å². The van der Waals surface area contributed by atoms with Crippen LogP contribution >= 0.6 is 11.3 Å². The Morgan fingerprint density at radius 2 is 1.85 bits per heavy atom. The van der Waals surface area contributed by atoms with Crippen molar-refractivity contribution in [2.45, 2.75) is 13.8 Å². The van der Waals surface area contributed by atoms with Gasteiger partial charge in [-0.05, 0) is 37.6 Å². The van der Waals surface area contributed by atoms with Gasteiger partial charge in [-0.2, -0.15) is 0 Å². The van der Waals surface area contributed by atoms with E-state index in [0.29, 0.717) is 10.7 Å². The summed E-state index contributed by atoms with van der Waals surface area (Å²) >= 11 is 1.50. The van der Waals surface area contributed by atoms with Crippen molar-refractivity contribution in [2.75, 3.05) is 5.32 Å². The molecule has 0 radical (unpaired) electrons. The third-order valence-electron chi connectivity index (χ3n) is 4.04. The fourth-order valence-electron chi connectivity index (χ4n) is 2.77. The molecular weight excluding hydrogens is 344 g/mol. The number of hydrogen-bond donors (Lipinski definition) is 1. The molecule has 0 atom stereocenters. The first kappa shape index (κ1) is 16.4. The zero-order valence-electron chi connectivity index (χ0n) is 14.4. The zero-order chi connectivity index (χ0) is 18.1. The number of fused-ring (bicyclic) bond motifs is 1.